The summed E-state index contributed by atoms with van der Waals surface area (Å²) in [5.74, 6) is -0.841. The summed E-state index contributed by atoms with van der Waals surface area (Å²) in [5, 5.41) is 9.89. The van der Waals surface area contributed by atoms with Crippen LogP contribution in [0.5, 0.6) is 0 Å². The lowest BCUT2D eigenvalue weighted by Gasteiger charge is -2.35. The number of anilines is 1. The van der Waals surface area contributed by atoms with Crippen molar-refractivity contribution in [2.24, 2.45) is 0 Å². The highest BCUT2D eigenvalue weighted by molar-refractivity contribution is 6.32. The molecule has 3 rings (SSSR count). The SMILES string of the molecule is CCOC(=O)N1CCN(C(=O)C(C)n2cc(NC(=O)C(C)n3nc(C(F)(F)F)c(Cl)c3C)c(C)n2)CC1. The Labute approximate surface area is 216 Å². The molecule has 0 bridgehead atoms. The zero-order valence-electron chi connectivity index (χ0n) is 21.1. The van der Waals surface area contributed by atoms with Gasteiger partial charge in [0.1, 0.15) is 12.1 Å². The van der Waals surface area contributed by atoms with Crippen molar-refractivity contribution in [2.45, 2.75) is 52.9 Å². The number of hydrogen-bond donors (Lipinski definition) is 1. The third-order valence-electron chi connectivity index (χ3n) is 6.14. The van der Waals surface area contributed by atoms with Gasteiger partial charge in [-0.25, -0.2) is 4.79 Å². The van der Waals surface area contributed by atoms with Crippen LogP contribution in [0.3, 0.4) is 0 Å². The van der Waals surface area contributed by atoms with E-state index in [-0.39, 0.29) is 18.2 Å². The molecule has 1 saturated heterocycles. The van der Waals surface area contributed by atoms with Gasteiger partial charge in [0, 0.05) is 32.4 Å². The minimum atomic E-state index is -4.75. The molecule has 11 nitrogen and oxygen atoms in total. The molecule has 1 N–H and O–H groups in total. The van der Waals surface area contributed by atoms with Gasteiger partial charge < -0.3 is 19.9 Å². The molecule has 37 heavy (non-hydrogen) atoms. The summed E-state index contributed by atoms with van der Waals surface area (Å²) in [7, 11) is 0. The van der Waals surface area contributed by atoms with Gasteiger partial charge in [0.15, 0.2) is 5.69 Å². The van der Waals surface area contributed by atoms with Gasteiger partial charge in [0.25, 0.3) is 0 Å². The molecule has 1 aliphatic rings. The molecule has 0 aliphatic carbocycles. The van der Waals surface area contributed by atoms with Crippen molar-refractivity contribution >= 4 is 35.2 Å². The number of nitrogens with one attached hydrogen (secondary N) is 1. The fourth-order valence-electron chi connectivity index (χ4n) is 3.91. The largest absolute Gasteiger partial charge is 0.450 e. The fraction of sp³-hybridized carbons (Fsp3) is 0.591. The zero-order valence-corrected chi connectivity index (χ0v) is 21.9. The molecule has 0 saturated carbocycles. The molecular formula is C22H29ClF3N7O4. The van der Waals surface area contributed by atoms with Crippen molar-refractivity contribution in [3.8, 4) is 0 Å². The lowest BCUT2D eigenvalue weighted by molar-refractivity contribution is -0.141. The van der Waals surface area contributed by atoms with Crippen molar-refractivity contribution < 1.29 is 32.3 Å². The molecule has 2 aromatic rings. The highest BCUT2D eigenvalue weighted by Crippen LogP contribution is 2.36. The van der Waals surface area contributed by atoms with Crippen molar-refractivity contribution in [3.63, 3.8) is 0 Å². The van der Waals surface area contributed by atoms with Gasteiger partial charge in [-0.2, -0.15) is 23.4 Å². The van der Waals surface area contributed by atoms with Crippen molar-refractivity contribution in [2.75, 3.05) is 38.1 Å². The van der Waals surface area contributed by atoms with Crippen molar-refractivity contribution in [1.82, 2.24) is 29.4 Å². The maximum absolute atomic E-state index is 13.1. The number of carbonyl (C=O) groups excluding carboxylic acids is 3. The highest BCUT2D eigenvalue weighted by atomic mass is 35.5. The Morgan fingerprint density at radius 3 is 2.22 bits per heavy atom. The minimum absolute atomic E-state index is 0.00586. The van der Waals surface area contributed by atoms with Crippen LogP contribution in [0.15, 0.2) is 6.20 Å². The number of carbonyl (C=O) groups is 3. The predicted molar refractivity (Wildman–Crippen MR) is 127 cm³/mol. The third-order valence-corrected chi connectivity index (χ3v) is 6.59. The summed E-state index contributed by atoms with van der Waals surface area (Å²) < 4.78 is 46.8. The maximum Gasteiger partial charge on any atom is 0.436 e. The molecule has 2 atom stereocenters. The van der Waals surface area contributed by atoms with E-state index in [0.29, 0.717) is 37.6 Å². The van der Waals surface area contributed by atoms with E-state index in [4.69, 9.17) is 16.3 Å². The number of aromatic nitrogens is 4. The average Bonchev–Trinajstić information content (AvgIpc) is 3.36. The Morgan fingerprint density at radius 1 is 1.08 bits per heavy atom. The molecule has 3 amide bonds. The number of halogens is 4. The first-order chi connectivity index (χ1) is 17.3. The molecular weight excluding hydrogens is 519 g/mol. The van der Waals surface area contributed by atoms with Crippen LogP contribution in [-0.2, 0) is 20.5 Å². The number of amides is 3. The molecule has 0 radical (unpaired) electrons. The Morgan fingerprint density at radius 2 is 1.68 bits per heavy atom. The Hall–Kier alpha value is -3.29. The first-order valence-electron chi connectivity index (χ1n) is 11.6. The van der Waals surface area contributed by atoms with Gasteiger partial charge in [0.2, 0.25) is 11.8 Å². The predicted octanol–water partition coefficient (Wildman–Crippen LogP) is 3.43. The van der Waals surface area contributed by atoms with Crippen LogP contribution in [0.4, 0.5) is 23.7 Å². The number of hydrogen-bond acceptors (Lipinski definition) is 6. The van der Waals surface area contributed by atoms with Crippen LogP contribution in [-0.4, -0.2) is 80.1 Å². The van der Waals surface area contributed by atoms with Crippen molar-refractivity contribution in [3.05, 3.63) is 28.3 Å². The molecule has 1 fully saturated rings. The van der Waals surface area contributed by atoms with E-state index in [1.807, 2.05) is 0 Å². The average molecular weight is 548 g/mol. The van der Waals surface area contributed by atoms with Gasteiger partial charge in [-0.15, -0.1) is 0 Å². The monoisotopic (exact) mass is 547 g/mol. The normalized spacial score (nSPS) is 15.9. The molecule has 2 unspecified atom stereocenters. The standard InChI is InChI=1S/C22H29ClF3N7O4/c1-6-37-21(36)31-9-7-30(8-10-31)20(35)15(5)32-11-16(12(2)28-32)27-19(34)14(4)33-13(3)17(23)18(29-33)22(24,25)26/h11,14-15H,6-10H2,1-5H3,(H,27,34). The van der Waals surface area contributed by atoms with E-state index in [2.05, 4.69) is 15.5 Å². The Balaban J connectivity index is 1.67. The smallest absolute Gasteiger partial charge is 0.436 e. The van der Waals surface area contributed by atoms with E-state index in [9.17, 15) is 27.6 Å². The van der Waals surface area contributed by atoms with E-state index in [1.54, 1.807) is 25.7 Å². The third kappa shape index (κ3) is 6.00. The summed E-state index contributed by atoms with van der Waals surface area (Å²) in [5.41, 5.74) is -0.536. The van der Waals surface area contributed by atoms with Gasteiger partial charge in [-0.1, -0.05) is 11.6 Å². The molecule has 3 heterocycles. The van der Waals surface area contributed by atoms with Gasteiger partial charge in [-0.05, 0) is 34.6 Å². The summed E-state index contributed by atoms with van der Waals surface area (Å²) in [6.07, 6.45) is -3.68. The number of nitrogens with zero attached hydrogens (tertiary/aromatic N) is 6. The van der Waals surface area contributed by atoms with Crippen LogP contribution in [0, 0.1) is 13.8 Å². The summed E-state index contributed by atoms with van der Waals surface area (Å²) in [6.45, 7) is 9.41. The lowest BCUT2D eigenvalue weighted by atomic mass is 10.2. The summed E-state index contributed by atoms with van der Waals surface area (Å²) in [4.78, 5) is 40.9. The first-order valence-corrected chi connectivity index (χ1v) is 12.0. The number of aryl methyl sites for hydroxylation is 1. The lowest BCUT2D eigenvalue weighted by Crippen LogP contribution is -2.52. The van der Waals surface area contributed by atoms with Crippen LogP contribution in [0.1, 0.15) is 49.9 Å². The van der Waals surface area contributed by atoms with Crippen molar-refractivity contribution in [1.29, 1.82) is 0 Å². The number of rotatable bonds is 6. The van der Waals surface area contributed by atoms with Crippen LogP contribution in [0.2, 0.25) is 5.02 Å². The van der Waals surface area contributed by atoms with Gasteiger partial charge in [0.05, 0.1) is 28.7 Å². The van der Waals surface area contributed by atoms with Crippen LogP contribution >= 0.6 is 11.6 Å². The van der Waals surface area contributed by atoms with Gasteiger partial charge >= 0.3 is 12.3 Å². The zero-order chi connectivity index (χ0) is 27.7. The highest BCUT2D eigenvalue weighted by Gasteiger charge is 2.39. The minimum Gasteiger partial charge on any atom is -0.450 e. The van der Waals surface area contributed by atoms with E-state index in [1.165, 1.54) is 29.6 Å². The quantitative estimate of drug-likeness (QED) is 0.592. The Kier molecular flexibility index (Phi) is 8.40. The molecule has 15 heteroatoms. The van der Waals surface area contributed by atoms with E-state index in [0.717, 1.165) is 4.68 Å². The molecule has 0 aromatic carbocycles. The van der Waals surface area contributed by atoms with Crippen LogP contribution in [0.25, 0.3) is 0 Å². The Bertz CT molecular complexity index is 1170. The second kappa shape index (κ2) is 11.0. The maximum atomic E-state index is 13.1. The fourth-order valence-corrected chi connectivity index (χ4v) is 4.14. The second-order valence-electron chi connectivity index (χ2n) is 8.65. The van der Waals surface area contributed by atoms with E-state index < -0.39 is 41.0 Å². The van der Waals surface area contributed by atoms with Crippen LogP contribution < -0.4 is 5.32 Å². The van der Waals surface area contributed by atoms with E-state index >= 15 is 0 Å². The first kappa shape index (κ1) is 28.3. The molecule has 2 aromatic heterocycles. The molecule has 1 aliphatic heterocycles. The summed E-state index contributed by atoms with van der Waals surface area (Å²) >= 11 is 5.79. The summed E-state index contributed by atoms with van der Waals surface area (Å²) in [6, 6.07) is -1.80. The number of ether oxygens (including phenoxy) is 1. The number of piperazine rings is 1. The topological polar surface area (TPSA) is 115 Å². The van der Waals surface area contributed by atoms with Gasteiger partial charge in [-0.3, -0.25) is 19.0 Å². The number of alkyl halides is 3. The second-order valence-corrected chi connectivity index (χ2v) is 9.03. The molecule has 0 spiro atoms. The molecule has 204 valence electrons.